The largest absolute Gasteiger partial charge is 0.475 e. The summed E-state index contributed by atoms with van der Waals surface area (Å²) in [5, 5.41) is 14.2. The molecule has 0 fully saturated rings. The second-order valence-corrected chi connectivity index (χ2v) is 7.46. The molecular formula is C19H20N4O3. The van der Waals surface area contributed by atoms with E-state index >= 15 is 0 Å². The van der Waals surface area contributed by atoms with E-state index in [4.69, 9.17) is 5.11 Å². The van der Waals surface area contributed by atoms with Gasteiger partial charge in [0.25, 0.3) is 0 Å². The fraction of sp³-hybridized carbons (Fsp3) is 0.316. The van der Waals surface area contributed by atoms with Gasteiger partial charge in [0.05, 0.1) is 5.52 Å². The summed E-state index contributed by atoms with van der Waals surface area (Å²) in [5.41, 5.74) is 2.81. The van der Waals surface area contributed by atoms with E-state index in [0.29, 0.717) is 17.8 Å². The summed E-state index contributed by atoms with van der Waals surface area (Å²) in [7, 11) is 0. The van der Waals surface area contributed by atoms with E-state index in [2.05, 4.69) is 35.8 Å². The molecule has 26 heavy (non-hydrogen) atoms. The quantitative estimate of drug-likeness (QED) is 0.722. The van der Waals surface area contributed by atoms with Crippen molar-refractivity contribution in [1.29, 1.82) is 0 Å². The molecule has 0 amide bonds. The molecule has 2 heterocycles. The summed E-state index contributed by atoms with van der Waals surface area (Å²) in [6, 6.07) is 5.69. The van der Waals surface area contributed by atoms with Crippen molar-refractivity contribution in [2.75, 3.05) is 0 Å². The normalized spacial score (nSPS) is 11.7. The van der Waals surface area contributed by atoms with E-state index in [1.807, 2.05) is 22.9 Å². The zero-order chi connectivity index (χ0) is 19.1. The molecule has 0 spiro atoms. The molecule has 2 aromatic heterocycles. The number of nitrogens with zero attached hydrogens (tertiary/aromatic N) is 4. The number of aromatic nitrogens is 4. The number of carbonyl (C=O) groups is 2. The van der Waals surface area contributed by atoms with Crippen LogP contribution in [0.2, 0.25) is 0 Å². The van der Waals surface area contributed by atoms with E-state index in [0.717, 1.165) is 16.5 Å². The first-order chi connectivity index (χ1) is 12.2. The monoisotopic (exact) mass is 352 g/mol. The molecule has 134 valence electrons. The number of fused-ring (bicyclic) bond motifs is 1. The van der Waals surface area contributed by atoms with E-state index in [1.165, 1.54) is 19.3 Å². The summed E-state index contributed by atoms with van der Waals surface area (Å²) in [6.07, 6.45) is 2.93. The van der Waals surface area contributed by atoms with Crippen LogP contribution in [0.15, 0.2) is 30.6 Å². The number of hydrogen-bond acceptors (Lipinski definition) is 5. The molecule has 0 aliphatic carbocycles. The van der Waals surface area contributed by atoms with Crippen molar-refractivity contribution in [3.63, 3.8) is 0 Å². The predicted octanol–water partition coefficient (Wildman–Crippen LogP) is 3.44. The second kappa shape index (κ2) is 6.33. The van der Waals surface area contributed by atoms with Crippen molar-refractivity contribution in [3.05, 3.63) is 42.1 Å². The maximum absolute atomic E-state index is 12.0. The first kappa shape index (κ1) is 17.7. The standard InChI is InChI=1S/C19H20N4O3/c1-11(24)16-14-7-12(13-8-20-17(18(25)26)21-9-13)5-6-15(14)23(22-16)10-19(2,3)4/h5-9H,10H2,1-4H3,(H,25,26). The minimum atomic E-state index is -1.17. The first-order valence-electron chi connectivity index (χ1n) is 8.23. The van der Waals surface area contributed by atoms with Gasteiger partial charge in [-0.1, -0.05) is 26.8 Å². The Kier molecular flexibility index (Phi) is 4.31. The van der Waals surface area contributed by atoms with E-state index in [1.54, 1.807) is 0 Å². The molecule has 0 unspecified atom stereocenters. The molecule has 0 aliphatic rings. The van der Waals surface area contributed by atoms with Crippen molar-refractivity contribution in [2.45, 2.75) is 34.2 Å². The molecule has 0 saturated carbocycles. The Morgan fingerprint density at radius 1 is 1.12 bits per heavy atom. The van der Waals surface area contributed by atoms with Gasteiger partial charge in [-0.25, -0.2) is 14.8 Å². The Morgan fingerprint density at radius 3 is 2.31 bits per heavy atom. The molecule has 7 heteroatoms. The van der Waals surface area contributed by atoms with Crippen LogP contribution in [0.3, 0.4) is 0 Å². The molecule has 3 rings (SSSR count). The Morgan fingerprint density at radius 2 is 1.77 bits per heavy atom. The lowest BCUT2D eigenvalue weighted by atomic mass is 9.97. The van der Waals surface area contributed by atoms with Gasteiger partial charge in [0.15, 0.2) is 5.78 Å². The topological polar surface area (TPSA) is 98.0 Å². The van der Waals surface area contributed by atoms with Crippen LogP contribution in [0.4, 0.5) is 0 Å². The van der Waals surface area contributed by atoms with Crippen LogP contribution in [-0.2, 0) is 6.54 Å². The van der Waals surface area contributed by atoms with Crippen LogP contribution in [0.5, 0.6) is 0 Å². The van der Waals surface area contributed by atoms with Crippen molar-refractivity contribution in [2.24, 2.45) is 5.41 Å². The van der Waals surface area contributed by atoms with Crippen LogP contribution < -0.4 is 0 Å². The fourth-order valence-electron chi connectivity index (χ4n) is 2.78. The minimum Gasteiger partial charge on any atom is -0.475 e. The Bertz CT molecular complexity index is 998. The molecule has 7 nitrogen and oxygen atoms in total. The van der Waals surface area contributed by atoms with Gasteiger partial charge < -0.3 is 5.11 Å². The van der Waals surface area contributed by atoms with Crippen molar-refractivity contribution >= 4 is 22.7 Å². The lowest BCUT2D eigenvalue weighted by Gasteiger charge is -2.18. The molecule has 1 aromatic carbocycles. The van der Waals surface area contributed by atoms with E-state index < -0.39 is 5.97 Å². The lowest BCUT2D eigenvalue weighted by Crippen LogP contribution is -2.16. The van der Waals surface area contributed by atoms with Gasteiger partial charge in [0, 0.05) is 36.8 Å². The molecule has 0 atom stereocenters. The Hall–Kier alpha value is -3.09. The van der Waals surface area contributed by atoms with Crippen molar-refractivity contribution < 1.29 is 14.7 Å². The number of benzene rings is 1. The number of carboxylic acid groups (broad SMARTS) is 1. The highest BCUT2D eigenvalue weighted by Gasteiger charge is 2.19. The number of rotatable bonds is 4. The third-order valence-corrected chi connectivity index (χ3v) is 3.88. The van der Waals surface area contributed by atoms with Gasteiger partial charge in [-0.3, -0.25) is 9.48 Å². The van der Waals surface area contributed by atoms with Crippen LogP contribution in [0.25, 0.3) is 22.0 Å². The van der Waals surface area contributed by atoms with E-state index in [-0.39, 0.29) is 17.0 Å². The minimum absolute atomic E-state index is 0.0200. The summed E-state index contributed by atoms with van der Waals surface area (Å²) in [5.74, 6) is -1.52. The van der Waals surface area contributed by atoms with Crippen LogP contribution >= 0.6 is 0 Å². The smallest absolute Gasteiger partial charge is 0.373 e. The first-order valence-corrected chi connectivity index (χ1v) is 8.23. The second-order valence-electron chi connectivity index (χ2n) is 7.46. The summed E-state index contributed by atoms with van der Waals surface area (Å²) in [6.45, 7) is 8.53. The third-order valence-electron chi connectivity index (χ3n) is 3.88. The number of Topliss-reactive ketones (excluding diaryl/α,β-unsaturated/α-hetero) is 1. The van der Waals surface area contributed by atoms with Gasteiger partial charge in [-0.05, 0) is 23.1 Å². The third kappa shape index (κ3) is 3.46. The predicted molar refractivity (Wildman–Crippen MR) is 97.2 cm³/mol. The zero-order valence-electron chi connectivity index (χ0n) is 15.1. The SMILES string of the molecule is CC(=O)c1nn(CC(C)(C)C)c2ccc(-c3cnc(C(=O)O)nc3)cc12. The molecule has 0 aliphatic heterocycles. The average Bonchev–Trinajstić information content (AvgIpc) is 2.91. The molecule has 0 radical (unpaired) electrons. The highest BCUT2D eigenvalue weighted by molar-refractivity contribution is 6.05. The fourth-order valence-corrected chi connectivity index (χ4v) is 2.78. The maximum atomic E-state index is 12.0. The number of carbonyl (C=O) groups excluding carboxylic acids is 1. The Balaban J connectivity index is 2.11. The van der Waals surface area contributed by atoms with Gasteiger partial charge >= 0.3 is 5.97 Å². The van der Waals surface area contributed by atoms with Crippen LogP contribution in [0.1, 0.15) is 48.8 Å². The van der Waals surface area contributed by atoms with Crippen LogP contribution in [0, 0.1) is 5.41 Å². The van der Waals surface area contributed by atoms with Gasteiger partial charge in [0.1, 0.15) is 5.69 Å². The number of aromatic carboxylic acids is 1. The highest BCUT2D eigenvalue weighted by Crippen LogP contribution is 2.28. The molecule has 3 aromatic rings. The summed E-state index contributed by atoms with van der Waals surface area (Å²) >= 11 is 0. The number of carboxylic acids is 1. The zero-order valence-corrected chi connectivity index (χ0v) is 15.1. The van der Waals surface area contributed by atoms with Crippen LogP contribution in [-0.4, -0.2) is 36.6 Å². The molecule has 0 bridgehead atoms. The molecule has 0 saturated heterocycles. The van der Waals surface area contributed by atoms with Gasteiger partial charge in [-0.15, -0.1) is 0 Å². The maximum Gasteiger partial charge on any atom is 0.373 e. The van der Waals surface area contributed by atoms with Gasteiger partial charge in [0.2, 0.25) is 5.82 Å². The highest BCUT2D eigenvalue weighted by atomic mass is 16.4. The molecule has 1 N–H and O–H groups in total. The lowest BCUT2D eigenvalue weighted by molar-refractivity contribution is 0.0683. The van der Waals surface area contributed by atoms with Crippen molar-refractivity contribution in [1.82, 2.24) is 19.7 Å². The number of ketones is 1. The average molecular weight is 352 g/mol. The Labute approximate surface area is 150 Å². The van der Waals surface area contributed by atoms with Gasteiger partial charge in [-0.2, -0.15) is 5.10 Å². The van der Waals surface area contributed by atoms with E-state index in [9.17, 15) is 9.59 Å². The number of hydrogen-bond donors (Lipinski definition) is 1. The summed E-state index contributed by atoms with van der Waals surface area (Å²) in [4.78, 5) is 30.6. The van der Waals surface area contributed by atoms with Crippen molar-refractivity contribution in [3.8, 4) is 11.1 Å². The summed E-state index contributed by atoms with van der Waals surface area (Å²) < 4.78 is 1.86. The molecular weight excluding hydrogens is 332 g/mol.